The van der Waals surface area contributed by atoms with Crippen molar-refractivity contribution in [2.45, 2.75) is 20.5 Å². The molecule has 190 valence electrons. The van der Waals surface area contributed by atoms with E-state index in [9.17, 15) is 14.4 Å². The van der Waals surface area contributed by atoms with Gasteiger partial charge in [-0.3, -0.25) is 19.3 Å². The second-order valence-corrected chi connectivity index (χ2v) is 9.79. The molecule has 1 heterocycles. The van der Waals surface area contributed by atoms with Gasteiger partial charge < -0.3 is 14.8 Å². The Bertz CT molecular complexity index is 1370. The number of hydrogen-bond acceptors (Lipinski definition) is 6. The van der Waals surface area contributed by atoms with Crippen molar-refractivity contribution in [3.05, 3.63) is 92.8 Å². The molecule has 1 fully saturated rings. The maximum absolute atomic E-state index is 13.0. The van der Waals surface area contributed by atoms with Crippen molar-refractivity contribution in [2.75, 3.05) is 19.0 Å². The highest BCUT2D eigenvalue weighted by atomic mass is 35.5. The van der Waals surface area contributed by atoms with Crippen molar-refractivity contribution >= 4 is 52.2 Å². The molecule has 0 spiro atoms. The number of amides is 3. The van der Waals surface area contributed by atoms with Gasteiger partial charge in [-0.15, -0.1) is 0 Å². The molecule has 1 N–H and O–H groups in total. The van der Waals surface area contributed by atoms with Crippen molar-refractivity contribution in [1.82, 2.24) is 4.90 Å². The molecule has 1 saturated heterocycles. The zero-order chi connectivity index (χ0) is 26.5. The Morgan fingerprint density at radius 3 is 2.43 bits per heavy atom. The van der Waals surface area contributed by atoms with Gasteiger partial charge in [0, 0.05) is 5.69 Å². The van der Waals surface area contributed by atoms with Crippen LogP contribution < -0.4 is 14.8 Å². The van der Waals surface area contributed by atoms with E-state index >= 15 is 0 Å². The van der Waals surface area contributed by atoms with E-state index in [1.165, 1.54) is 7.11 Å². The number of carbonyl (C=O) groups excluding carboxylic acids is 3. The van der Waals surface area contributed by atoms with E-state index < -0.39 is 17.1 Å². The number of nitrogens with zero attached hydrogens (tertiary/aromatic N) is 1. The Morgan fingerprint density at radius 2 is 1.76 bits per heavy atom. The van der Waals surface area contributed by atoms with E-state index in [0.29, 0.717) is 34.4 Å². The van der Waals surface area contributed by atoms with Gasteiger partial charge in [0.2, 0.25) is 5.91 Å². The third-order valence-corrected chi connectivity index (χ3v) is 6.88. The molecular formula is C28H25ClN2O5S. The number of ether oxygens (including phenoxy) is 2. The molecule has 0 unspecified atom stereocenters. The summed E-state index contributed by atoms with van der Waals surface area (Å²) in [5.41, 5.74) is 3.99. The zero-order valence-electron chi connectivity index (χ0n) is 20.5. The molecular weight excluding hydrogens is 512 g/mol. The minimum atomic E-state index is -0.550. The van der Waals surface area contributed by atoms with Gasteiger partial charge in [0.25, 0.3) is 11.1 Å². The van der Waals surface area contributed by atoms with Gasteiger partial charge in [0.1, 0.15) is 13.2 Å². The molecule has 0 saturated carbocycles. The first-order chi connectivity index (χ1) is 17.8. The lowest BCUT2D eigenvalue weighted by Crippen LogP contribution is -2.36. The van der Waals surface area contributed by atoms with Crippen LogP contribution in [0.2, 0.25) is 5.02 Å². The first kappa shape index (κ1) is 26.3. The summed E-state index contributed by atoms with van der Waals surface area (Å²) in [6.45, 7) is 3.68. The summed E-state index contributed by atoms with van der Waals surface area (Å²) in [5, 5.41) is 2.58. The van der Waals surface area contributed by atoms with Gasteiger partial charge in [-0.25, -0.2) is 0 Å². The minimum absolute atomic E-state index is 0.181. The maximum atomic E-state index is 13.0. The van der Waals surface area contributed by atoms with Crippen molar-refractivity contribution in [3.63, 3.8) is 0 Å². The molecule has 0 aromatic heterocycles. The molecule has 3 aromatic carbocycles. The van der Waals surface area contributed by atoms with Crippen molar-refractivity contribution in [1.29, 1.82) is 0 Å². The highest BCUT2D eigenvalue weighted by molar-refractivity contribution is 8.18. The molecule has 7 nitrogen and oxygen atoms in total. The number of carbonyl (C=O) groups is 3. The van der Waals surface area contributed by atoms with E-state index in [0.717, 1.165) is 33.4 Å². The third-order valence-electron chi connectivity index (χ3n) is 5.70. The summed E-state index contributed by atoms with van der Waals surface area (Å²) in [4.78, 5) is 39.2. The standard InChI is InChI=1S/C28H25ClN2O5S/c1-17-8-7-9-18(2)25(17)30-24(32)15-31-27(33)23(37-28(31)34)14-20-12-21(29)26(22(13-20)35-3)36-16-19-10-5-4-6-11-19/h4-14H,15-16H2,1-3H3,(H,30,32)/b23-14-. The lowest BCUT2D eigenvalue weighted by atomic mass is 10.1. The fourth-order valence-corrected chi connectivity index (χ4v) is 4.93. The number of methoxy groups -OCH3 is 1. The Kier molecular flexibility index (Phi) is 8.21. The average molecular weight is 537 g/mol. The molecule has 0 aliphatic carbocycles. The largest absolute Gasteiger partial charge is 0.493 e. The third kappa shape index (κ3) is 6.15. The number of aryl methyl sites for hydroxylation is 2. The predicted octanol–water partition coefficient (Wildman–Crippen LogP) is 6.22. The molecule has 37 heavy (non-hydrogen) atoms. The molecule has 3 aromatic rings. The first-order valence-corrected chi connectivity index (χ1v) is 12.6. The number of thioether (sulfide) groups is 1. The molecule has 1 aliphatic rings. The first-order valence-electron chi connectivity index (χ1n) is 11.4. The Labute approximate surface area is 224 Å². The van der Waals surface area contributed by atoms with Crippen LogP contribution >= 0.6 is 23.4 Å². The van der Waals surface area contributed by atoms with E-state index in [-0.39, 0.29) is 11.4 Å². The van der Waals surface area contributed by atoms with E-state index in [1.54, 1.807) is 18.2 Å². The van der Waals surface area contributed by atoms with Gasteiger partial charge in [0.05, 0.1) is 17.0 Å². The lowest BCUT2D eigenvalue weighted by molar-refractivity contribution is -0.127. The highest BCUT2D eigenvalue weighted by Gasteiger charge is 2.36. The number of nitrogens with one attached hydrogen (secondary N) is 1. The summed E-state index contributed by atoms with van der Waals surface area (Å²) in [7, 11) is 1.49. The van der Waals surface area contributed by atoms with Crippen LogP contribution in [0.5, 0.6) is 11.5 Å². The highest BCUT2D eigenvalue weighted by Crippen LogP contribution is 2.39. The van der Waals surface area contributed by atoms with E-state index in [4.69, 9.17) is 21.1 Å². The summed E-state index contributed by atoms with van der Waals surface area (Å²) < 4.78 is 11.3. The molecule has 0 radical (unpaired) electrons. The number of benzene rings is 3. The fraction of sp³-hybridized carbons (Fsp3) is 0.179. The van der Waals surface area contributed by atoms with Gasteiger partial charge in [0.15, 0.2) is 11.5 Å². The van der Waals surface area contributed by atoms with Crippen LogP contribution in [0.25, 0.3) is 6.08 Å². The number of hydrogen-bond donors (Lipinski definition) is 1. The monoisotopic (exact) mass is 536 g/mol. The van der Waals surface area contributed by atoms with Gasteiger partial charge in [-0.05, 0) is 66.1 Å². The van der Waals surface area contributed by atoms with Crippen LogP contribution in [-0.4, -0.2) is 35.6 Å². The quantitative estimate of drug-likeness (QED) is 0.344. The predicted molar refractivity (Wildman–Crippen MR) is 146 cm³/mol. The van der Waals surface area contributed by atoms with Gasteiger partial charge in [-0.1, -0.05) is 60.1 Å². The number of para-hydroxylation sites is 1. The van der Waals surface area contributed by atoms with E-state index in [1.807, 2.05) is 62.4 Å². The summed E-state index contributed by atoms with van der Waals surface area (Å²) in [5.74, 6) is -0.236. The molecule has 3 amide bonds. The summed E-state index contributed by atoms with van der Waals surface area (Å²) >= 11 is 7.24. The molecule has 4 rings (SSSR count). The van der Waals surface area contributed by atoms with Gasteiger partial charge in [-0.2, -0.15) is 0 Å². The molecule has 0 atom stereocenters. The van der Waals surface area contributed by atoms with E-state index in [2.05, 4.69) is 5.32 Å². The summed E-state index contributed by atoms with van der Waals surface area (Å²) in [6.07, 6.45) is 1.55. The maximum Gasteiger partial charge on any atom is 0.294 e. The number of imide groups is 1. The van der Waals surface area contributed by atoms with Crippen LogP contribution in [0.3, 0.4) is 0 Å². The smallest absolute Gasteiger partial charge is 0.294 e. The number of rotatable bonds is 8. The SMILES string of the molecule is COc1cc(/C=C2\SC(=O)N(CC(=O)Nc3c(C)cccc3C)C2=O)cc(Cl)c1OCc1ccccc1. The minimum Gasteiger partial charge on any atom is -0.493 e. The van der Waals surface area contributed by atoms with Crippen molar-refractivity contribution in [3.8, 4) is 11.5 Å². The van der Waals surface area contributed by atoms with Crippen LogP contribution in [-0.2, 0) is 16.2 Å². The van der Waals surface area contributed by atoms with Crippen LogP contribution in [0.15, 0.2) is 65.6 Å². The number of halogens is 1. The van der Waals surface area contributed by atoms with Crippen molar-refractivity contribution in [2.24, 2.45) is 0 Å². The lowest BCUT2D eigenvalue weighted by Gasteiger charge is -2.15. The summed E-state index contributed by atoms with van der Waals surface area (Å²) in [6, 6.07) is 18.6. The average Bonchev–Trinajstić information content (AvgIpc) is 3.13. The zero-order valence-corrected chi connectivity index (χ0v) is 22.1. The number of anilines is 1. The second-order valence-electron chi connectivity index (χ2n) is 8.39. The van der Waals surface area contributed by atoms with Crippen molar-refractivity contribution < 1.29 is 23.9 Å². The van der Waals surface area contributed by atoms with Crippen LogP contribution in [0.1, 0.15) is 22.3 Å². The Morgan fingerprint density at radius 1 is 1.05 bits per heavy atom. The molecule has 0 bridgehead atoms. The topological polar surface area (TPSA) is 84.9 Å². The fourth-order valence-electron chi connectivity index (χ4n) is 3.81. The Hall–Kier alpha value is -3.75. The van der Waals surface area contributed by atoms with Crippen LogP contribution in [0.4, 0.5) is 10.5 Å². The Balaban J connectivity index is 1.48. The van der Waals surface area contributed by atoms with Crippen LogP contribution in [0, 0.1) is 13.8 Å². The molecule has 1 aliphatic heterocycles. The van der Waals surface area contributed by atoms with Gasteiger partial charge >= 0.3 is 0 Å². The molecule has 9 heteroatoms. The normalized spacial score (nSPS) is 14.3. The second kappa shape index (κ2) is 11.5.